The van der Waals surface area contributed by atoms with E-state index in [1.54, 1.807) is 105 Å². The summed E-state index contributed by atoms with van der Waals surface area (Å²) < 4.78 is 82.9. The van der Waals surface area contributed by atoms with Gasteiger partial charge in [0.15, 0.2) is 28.9 Å². The average molecular weight is 2090 g/mol. The first-order valence-corrected chi connectivity index (χ1v) is 51.4. The van der Waals surface area contributed by atoms with E-state index in [2.05, 4.69) is 6.08 Å². The van der Waals surface area contributed by atoms with Crippen molar-refractivity contribution in [1.29, 1.82) is 0 Å². The number of rotatable bonds is 21. The number of fused-ring (bicyclic) bond motifs is 15. The molecule has 15 aliphatic rings. The van der Waals surface area contributed by atoms with Gasteiger partial charge in [0.1, 0.15) is 61.8 Å². The summed E-state index contributed by atoms with van der Waals surface area (Å²) in [6.45, 7) is 33.6. The van der Waals surface area contributed by atoms with E-state index >= 15 is 0 Å². The van der Waals surface area contributed by atoms with E-state index in [0.29, 0.717) is 87.3 Å². The van der Waals surface area contributed by atoms with Crippen LogP contribution in [0.25, 0.3) is 12.2 Å². The molecular formula is C115H144O35. The van der Waals surface area contributed by atoms with Crippen LogP contribution in [-0.2, 0) is 119 Å². The standard InChI is InChI=1S/2C25H28O7.C25H34O7.C20H26O7.C20H28O7/c2*1-15-4-6-17(7-5-15)8-9-21(27)30-14-18-22-19(26)12-16(2)25(29)11-10-24(3,32-25)13-20(22)31-23(18)28;1-15(2)7-6-8-16(3)11-21(27)30-14-18-22-19(26)12-17(4)25(29)10-9-24(5,32-25)13-20(22)31-23(18)28;1-11(2)7-16(22)25-10-13-17-14(21)8-12(3)20(24)6-5-19(4,27-20)9-15(17)26-18(13)23;1-5-11(2)17(22)25-10-13-16-14(21)8-12(3)20(24)7-6-19(4,27-20)9-15(16)26-18(13)23/h2*4-9,13,16,19,26,29H,10-12,14H2,1-3H3;7,11,13,17,19,26,29H,6,8-10,12,14H2,1-5H3;7,9,12,14,21,24H,5-6,8,10H2,1-4H3;9,11-12,14,21,24H,5-8,10H2,1-4H3/b2*9-8+,20-13+;16-11?,20-13+;2*15-9+/t2*16-,19+,24-,25-;17-,19+,24-,25-;12-,14+,19-,20-;11?,12-,14+,19-,20-/m11111/s1. The number of ether oxygens (including phenoxy) is 15. The molecular weight excluding hydrogens is 1940 g/mol. The molecule has 15 aliphatic heterocycles. The van der Waals surface area contributed by atoms with E-state index in [1.807, 2.05) is 118 Å². The van der Waals surface area contributed by atoms with Gasteiger partial charge in [-0.15, -0.1) is 0 Å². The maximum atomic E-state index is 12.6. The Morgan fingerprint density at radius 1 is 0.360 bits per heavy atom. The lowest BCUT2D eigenvalue weighted by atomic mass is 9.86. The van der Waals surface area contributed by atoms with Crippen molar-refractivity contribution in [3.63, 3.8) is 0 Å². The Kier molecular flexibility index (Phi) is 35.7. The quantitative estimate of drug-likeness (QED) is 0.0240. The molecule has 17 rings (SSSR count). The number of allylic oxidation sites excluding steroid dienone is 4. The molecule has 21 atom stereocenters. The van der Waals surface area contributed by atoms with Crippen LogP contribution in [0.3, 0.4) is 0 Å². The molecule has 15 heterocycles. The molecule has 5 saturated heterocycles. The first kappa shape index (κ1) is 116. The summed E-state index contributed by atoms with van der Waals surface area (Å²) in [5, 5.41) is 108. The fourth-order valence-corrected chi connectivity index (χ4v) is 20.9. The second kappa shape index (κ2) is 46.3. The summed E-state index contributed by atoms with van der Waals surface area (Å²) in [6.07, 6.45) is 21.6. The maximum Gasteiger partial charge on any atom is 0.343 e. The Labute approximate surface area is 873 Å². The van der Waals surface area contributed by atoms with Crippen molar-refractivity contribution in [2.45, 2.75) is 335 Å². The zero-order valence-electron chi connectivity index (χ0n) is 88.8. The predicted octanol–water partition coefficient (Wildman–Crippen LogP) is 13.4. The normalized spacial score (nSPS) is 35.4. The van der Waals surface area contributed by atoms with Crippen LogP contribution in [0.15, 0.2) is 211 Å². The summed E-state index contributed by atoms with van der Waals surface area (Å²) in [7, 11) is 0. The van der Waals surface area contributed by atoms with Gasteiger partial charge in [-0.2, -0.15) is 0 Å². The van der Waals surface area contributed by atoms with Gasteiger partial charge in [0.2, 0.25) is 0 Å². The molecule has 5 fully saturated rings. The molecule has 1 unspecified atom stereocenters. The molecule has 0 radical (unpaired) electrons. The molecule has 2 aromatic rings. The zero-order chi connectivity index (χ0) is 110. The lowest BCUT2D eigenvalue weighted by molar-refractivity contribution is -0.238. The lowest BCUT2D eigenvalue weighted by Gasteiger charge is -2.32. The average Bonchev–Trinajstić information content (AvgIpc) is 1.62. The predicted molar refractivity (Wildman–Crippen MR) is 540 cm³/mol. The van der Waals surface area contributed by atoms with E-state index < -0.39 is 147 Å². The minimum atomic E-state index is -1.36. The molecule has 0 aromatic heterocycles. The van der Waals surface area contributed by atoms with Gasteiger partial charge in [-0.05, 0) is 220 Å². The second-order valence-electron chi connectivity index (χ2n) is 43.9. The van der Waals surface area contributed by atoms with Gasteiger partial charge < -0.3 is 122 Å². The Bertz CT molecular complexity index is 5930. The number of aliphatic hydroxyl groups is 10. The number of aliphatic hydroxyl groups excluding tert-OH is 5. The molecule has 10 N–H and O–H groups in total. The highest BCUT2D eigenvalue weighted by Crippen LogP contribution is 2.54. The van der Waals surface area contributed by atoms with Gasteiger partial charge >= 0.3 is 59.7 Å². The molecule has 0 amide bonds. The van der Waals surface area contributed by atoms with Crippen molar-refractivity contribution in [3.8, 4) is 0 Å². The molecule has 35 nitrogen and oxygen atoms in total. The van der Waals surface area contributed by atoms with Gasteiger partial charge in [-0.25, -0.2) is 43.2 Å². The fraction of sp³-hybridized carbons (Fsp3) is 0.548. The van der Waals surface area contributed by atoms with E-state index in [0.717, 1.165) is 46.2 Å². The minimum absolute atomic E-state index is 0.0985. The summed E-state index contributed by atoms with van der Waals surface area (Å²) >= 11 is 0. The highest BCUT2D eigenvalue weighted by Gasteiger charge is 2.58. The molecule has 0 saturated carbocycles. The third-order valence-electron chi connectivity index (χ3n) is 30.4. The molecule has 10 bridgehead atoms. The third-order valence-corrected chi connectivity index (χ3v) is 30.4. The summed E-state index contributed by atoms with van der Waals surface area (Å²) in [5.41, 5.74) is 4.77. The molecule has 150 heavy (non-hydrogen) atoms. The Morgan fingerprint density at radius 3 is 0.840 bits per heavy atom. The number of benzene rings is 2. The largest absolute Gasteiger partial charge is 0.460 e. The second-order valence-corrected chi connectivity index (χ2v) is 43.9. The number of carbonyl (C=O) groups is 10. The van der Waals surface area contributed by atoms with E-state index in [9.17, 15) is 99.0 Å². The van der Waals surface area contributed by atoms with Crippen LogP contribution >= 0.6 is 0 Å². The van der Waals surface area contributed by atoms with Gasteiger partial charge in [0.05, 0.1) is 92.3 Å². The fourth-order valence-electron chi connectivity index (χ4n) is 20.9. The van der Waals surface area contributed by atoms with Gasteiger partial charge in [0.25, 0.3) is 0 Å². The maximum absolute atomic E-state index is 12.6. The monoisotopic (exact) mass is 2080 g/mol. The van der Waals surface area contributed by atoms with Crippen molar-refractivity contribution in [1.82, 2.24) is 0 Å². The number of esters is 10. The van der Waals surface area contributed by atoms with Crippen LogP contribution in [0.4, 0.5) is 0 Å². The van der Waals surface area contributed by atoms with E-state index in [-0.39, 0.29) is 168 Å². The molecule has 814 valence electrons. The van der Waals surface area contributed by atoms with Crippen LogP contribution in [0.5, 0.6) is 0 Å². The number of carbonyl (C=O) groups excluding carboxylic acids is 10. The molecule has 0 aliphatic carbocycles. The number of aryl methyl sites for hydroxylation is 2. The van der Waals surface area contributed by atoms with Gasteiger partial charge in [-0.3, -0.25) is 4.79 Å². The smallest absolute Gasteiger partial charge is 0.343 e. The summed E-state index contributed by atoms with van der Waals surface area (Å²) in [6, 6.07) is 15.3. The summed E-state index contributed by atoms with van der Waals surface area (Å²) in [4.78, 5) is 123. The van der Waals surface area contributed by atoms with Crippen LogP contribution in [-0.4, -0.2) is 231 Å². The Hall–Kier alpha value is -11.4. The lowest BCUT2D eigenvalue weighted by Crippen LogP contribution is -2.39. The highest BCUT2D eigenvalue weighted by atomic mass is 16.7. The number of hydrogen-bond donors (Lipinski definition) is 10. The SMILES string of the molecule is CC(C)=CC(=O)OCC1=C2/C(=C\[C@@]3(C)CC[C@@](O)(O3)[C@H](C)C[C@@H]2O)OC1=O.CC(C)=CCCC(C)=CC(=O)OCC1=C2/C(=C\[C@@]3(C)CC[C@@](O)(O3)[C@H](C)C[C@@H]2O)OC1=O.CCC(C)C(=O)OCC1=C2/C(=C\[C@@]3(C)CC[C@@](O)(O3)[C@H](C)C[C@@H]2O)OC1=O.Cc1ccc(/C=C/C(=O)OCC2=C3/C(=C\[C@@]4(C)CC[C@@](O)(O4)[C@H](C)C[C@@H]3O)OC2=O)cc1.Cc1ccc(/C=C/C(=O)OCC2=C3/C(=C\[C@@]4(C)CC[C@@](O)(O4)[C@H](C)C[C@@H]3O)OC2=O)cc1. The summed E-state index contributed by atoms with van der Waals surface area (Å²) in [5.74, 6) is -13.8. The Balaban J connectivity index is 0.000000157. The van der Waals surface area contributed by atoms with Crippen molar-refractivity contribution >= 4 is 71.8 Å². The minimum Gasteiger partial charge on any atom is -0.460 e. The van der Waals surface area contributed by atoms with Crippen LogP contribution in [0, 0.1) is 49.4 Å². The molecule has 0 spiro atoms. The first-order valence-electron chi connectivity index (χ1n) is 51.4. The van der Waals surface area contributed by atoms with E-state index in [4.69, 9.17) is 71.1 Å². The number of hydrogen-bond acceptors (Lipinski definition) is 35. The van der Waals surface area contributed by atoms with Crippen molar-refractivity contribution in [3.05, 3.63) is 233 Å². The van der Waals surface area contributed by atoms with Crippen LogP contribution < -0.4 is 0 Å². The topological polar surface area (TPSA) is 511 Å². The zero-order valence-corrected chi connectivity index (χ0v) is 88.8. The first-order chi connectivity index (χ1) is 70.2. The third kappa shape index (κ3) is 27.3. The van der Waals surface area contributed by atoms with Gasteiger partial charge in [-0.1, -0.05) is 131 Å². The van der Waals surface area contributed by atoms with Crippen molar-refractivity contribution in [2.24, 2.45) is 35.5 Å². The molecule has 35 heteroatoms. The van der Waals surface area contributed by atoms with Crippen molar-refractivity contribution < 1.29 is 170 Å². The van der Waals surface area contributed by atoms with E-state index in [1.165, 1.54) is 29.9 Å². The van der Waals surface area contributed by atoms with Gasteiger partial charge in [0, 0.05) is 114 Å². The Morgan fingerprint density at radius 2 is 0.600 bits per heavy atom. The van der Waals surface area contributed by atoms with Crippen LogP contribution in [0.2, 0.25) is 0 Å². The van der Waals surface area contributed by atoms with Crippen molar-refractivity contribution in [2.75, 3.05) is 33.0 Å². The highest BCUT2D eigenvalue weighted by molar-refractivity contribution is 5.99. The molecule has 2 aromatic carbocycles. The van der Waals surface area contributed by atoms with Crippen LogP contribution in [0.1, 0.15) is 256 Å².